The van der Waals surface area contributed by atoms with Gasteiger partial charge in [-0.1, -0.05) is 11.6 Å². The fourth-order valence-corrected chi connectivity index (χ4v) is 2.34. The molecule has 2 N–H and O–H groups in total. The quantitative estimate of drug-likeness (QED) is 0.805. The molecule has 124 valence electrons. The van der Waals surface area contributed by atoms with E-state index in [1.165, 1.54) is 7.11 Å². The van der Waals surface area contributed by atoms with E-state index in [-0.39, 0.29) is 17.2 Å². The molecule has 1 saturated heterocycles. The smallest absolute Gasteiger partial charge is 0.322 e. The summed E-state index contributed by atoms with van der Waals surface area (Å²) in [5, 5.41) is 2.98. The van der Waals surface area contributed by atoms with Crippen LogP contribution in [0, 0.1) is 0 Å². The Bertz CT molecular complexity index is 741. The van der Waals surface area contributed by atoms with Gasteiger partial charge in [0.25, 0.3) is 5.56 Å². The molecule has 2 aromatic rings. The predicted octanol–water partition coefficient (Wildman–Crippen LogP) is 1.50. The summed E-state index contributed by atoms with van der Waals surface area (Å²) in [7, 11) is 2.98. The molecule has 23 heavy (non-hydrogen) atoms. The molecule has 1 aromatic carbocycles. The number of carbonyl (C=O) groups is 1. The highest BCUT2D eigenvalue weighted by Crippen LogP contribution is 2.16. The standard InChI is InChI=1S/C9H7ClN2O2.C6H11NO2/c1-14-5-2-3-6-7(4-5)12-9(13)8(10)11-6;1-9-6(8)5-3-2-4-7-5/h2-4H,1H3,(H,12,13);5,7H,2-4H2,1H3. The van der Waals surface area contributed by atoms with Gasteiger partial charge >= 0.3 is 5.97 Å². The molecule has 0 aliphatic carbocycles. The number of nitrogens with zero attached hydrogens (tertiary/aromatic N) is 1. The van der Waals surface area contributed by atoms with Gasteiger partial charge in [-0.3, -0.25) is 9.59 Å². The molecule has 0 spiro atoms. The zero-order chi connectivity index (χ0) is 16.8. The van der Waals surface area contributed by atoms with E-state index in [2.05, 4.69) is 20.0 Å². The summed E-state index contributed by atoms with van der Waals surface area (Å²) in [4.78, 5) is 28.4. The summed E-state index contributed by atoms with van der Waals surface area (Å²) in [5.74, 6) is 0.532. The molecule has 1 aliphatic heterocycles. The van der Waals surface area contributed by atoms with Crippen molar-refractivity contribution in [3.05, 3.63) is 33.7 Å². The highest BCUT2D eigenvalue weighted by molar-refractivity contribution is 6.29. The summed E-state index contributed by atoms with van der Waals surface area (Å²) < 4.78 is 9.54. The van der Waals surface area contributed by atoms with Crippen molar-refractivity contribution < 1.29 is 14.3 Å². The molecule has 0 amide bonds. The Morgan fingerprint density at radius 2 is 2.17 bits per heavy atom. The number of hydrogen-bond acceptors (Lipinski definition) is 6. The van der Waals surface area contributed by atoms with Gasteiger partial charge < -0.3 is 19.8 Å². The lowest BCUT2D eigenvalue weighted by Crippen LogP contribution is -2.31. The molecular weight excluding hydrogens is 322 g/mol. The summed E-state index contributed by atoms with van der Waals surface area (Å²) >= 11 is 5.58. The molecular formula is C15H18ClN3O4. The molecule has 1 fully saturated rings. The van der Waals surface area contributed by atoms with Crippen molar-refractivity contribution in [3.63, 3.8) is 0 Å². The van der Waals surface area contributed by atoms with Crippen LogP contribution in [0.2, 0.25) is 5.15 Å². The third-order valence-corrected chi connectivity index (χ3v) is 3.66. The molecule has 0 bridgehead atoms. The maximum Gasteiger partial charge on any atom is 0.322 e. The van der Waals surface area contributed by atoms with E-state index < -0.39 is 5.56 Å². The van der Waals surface area contributed by atoms with Crippen LogP contribution in [0.1, 0.15) is 12.8 Å². The molecule has 8 heteroatoms. The lowest BCUT2D eigenvalue weighted by atomic mass is 10.2. The monoisotopic (exact) mass is 339 g/mol. The van der Waals surface area contributed by atoms with Crippen LogP contribution >= 0.6 is 11.6 Å². The number of ether oxygens (including phenoxy) is 2. The number of methoxy groups -OCH3 is 2. The molecule has 2 heterocycles. The third-order valence-electron chi connectivity index (χ3n) is 3.40. The first-order valence-electron chi connectivity index (χ1n) is 7.10. The van der Waals surface area contributed by atoms with Crippen molar-refractivity contribution in [1.82, 2.24) is 15.3 Å². The van der Waals surface area contributed by atoms with Crippen molar-refractivity contribution in [2.45, 2.75) is 18.9 Å². The second-order valence-electron chi connectivity index (χ2n) is 4.91. The van der Waals surface area contributed by atoms with Crippen LogP contribution in [0.3, 0.4) is 0 Å². The first-order valence-corrected chi connectivity index (χ1v) is 7.47. The molecule has 0 radical (unpaired) electrons. The third kappa shape index (κ3) is 4.43. The molecule has 1 unspecified atom stereocenters. The van der Waals surface area contributed by atoms with Gasteiger partial charge in [0.2, 0.25) is 0 Å². The van der Waals surface area contributed by atoms with Gasteiger partial charge in [0, 0.05) is 6.07 Å². The minimum absolute atomic E-state index is 0.0324. The number of aromatic amines is 1. The van der Waals surface area contributed by atoms with Gasteiger partial charge in [-0.2, -0.15) is 0 Å². The van der Waals surface area contributed by atoms with Crippen LogP contribution in [0.5, 0.6) is 5.75 Å². The van der Waals surface area contributed by atoms with Crippen molar-refractivity contribution in [2.75, 3.05) is 20.8 Å². The number of nitrogens with one attached hydrogen (secondary N) is 2. The van der Waals surface area contributed by atoms with E-state index in [9.17, 15) is 9.59 Å². The lowest BCUT2D eigenvalue weighted by molar-refractivity contribution is -0.142. The maximum atomic E-state index is 11.1. The molecule has 1 aliphatic rings. The maximum absolute atomic E-state index is 11.1. The Hall–Kier alpha value is -2.12. The van der Waals surface area contributed by atoms with Crippen molar-refractivity contribution in [2.24, 2.45) is 0 Å². The van der Waals surface area contributed by atoms with E-state index in [0.29, 0.717) is 16.8 Å². The summed E-state index contributed by atoms with van der Waals surface area (Å²) in [6, 6.07) is 5.15. The Kier molecular flexibility index (Phi) is 5.95. The van der Waals surface area contributed by atoms with Gasteiger partial charge in [0.05, 0.1) is 25.3 Å². The van der Waals surface area contributed by atoms with E-state index in [1.54, 1.807) is 25.3 Å². The van der Waals surface area contributed by atoms with E-state index in [4.69, 9.17) is 16.3 Å². The second kappa shape index (κ2) is 7.94. The van der Waals surface area contributed by atoms with Gasteiger partial charge in [-0.25, -0.2) is 4.98 Å². The van der Waals surface area contributed by atoms with Crippen molar-refractivity contribution in [1.29, 1.82) is 0 Å². The summed E-state index contributed by atoms with van der Waals surface area (Å²) in [5.41, 5.74) is 0.849. The minimum atomic E-state index is -0.396. The Labute approximate surface area is 138 Å². The summed E-state index contributed by atoms with van der Waals surface area (Å²) in [6.07, 6.45) is 2.01. The fourth-order valence-electron chi connectivity index (χ4n) is 2.20. The highest BCUT2D eigenvalue weighted by Gasteiger charge is 2.21. The number of aromatic nitrogens is 2. The fraction of sp³-hybridized carbons (Fsp3) is 0.400. The molecule has 0 saturated carbocycles. The predicted molar refractivity (Wildman–Crippen MR) is 87.0 cm³/mol. The van der Waals surface area contributed by atoms with Crippen LogP contribution in [0.4, 0.5) is 0 Å². The number of hydrogen-bond donors (Lipinski definition) is 2. The van der Waals surface area contributed by atoms with Crippen LogP contribution < -0.4 is 15.6 Å². The number of esters is 1. The number of halogens is 1. The van der Waals surface area contributed by atoms with Crippen molar-refractivity contribution >= 4 is 28.6 Å². The second-order valence-corrected chi connectivity index (χ2v) is 5.27. The van der Waals surface area contributed by atoms with E-state index >= 15 is 0 Å². The largest absolute Gasteiger partial charge is 0.497 e. The number of rotatable bonds is 2. The molecule has 1 aromatic heterocycles. The lowest BCUT2D eigenvalue weighted by Gasteiger charge is -2.04. The first-order chi connectivity index (χ1) is 11.0. The van der Waals surface area contributed by atoms with Gasteiger partial charge in [0.15, 0.2) is 5.15 Å². The number of fused-ring (bicyclic) bond motifs is 1. The average molecular weight is 340 g/mol. The molecule has 3 rings (SSSR count). The average Bonchev–Trinajstić information content (AvgIpc) is 3.10. The Balaban J connectivity index is 0.000000185. The summed E-state index contributed by atoms with van der Waals surface area (Å²) in [6.45, 7) is 0.944. The minimum Gasteiger partial charge on any atom is -0.497 e. The normalized spacial score (nSPS) is 16.6. The molecule has 1 atom stereocenters. The topological polar surface area (TPSA) is 93.3 Å². The number of carbonyl (C=O) groups excluding carboxylic acids is 1. The van der Waals surface area contributed by atoms with Gasteiger partial charge in [-0.15, -0.1) is 0 Å². The van der Waals surface area contributed by atoms with Crippen LogP contribution in [0.15, 0.2) is 23.0 Å². The zero-order valence-corrected chi connectivity index (χ0v) is 13.6. The SMILES string of the molecule is COC(=O)C1CCCN1.COc1ccc2nc(Cl)c(=O)[nH]c2c1. The Morgan fingerprint density at radius 3 is 2.78 bits per heavy atom. The Morgan fingerprint density at radius 1 is 1.39 bits per heavy atom. The molecule has 7 nitrogen and oxygen atoms in total. The van der Waals surface area contributed by atoms with Crippen molar-refractivity contribution in [3.8, 4) is 5.75 Å². The van der Waals surface area contributed by atoms with E-state index in [1.807, 2.05) is 0 Å². The number of H-pyrrole nitrogens is 1. The highest BCUT2D eigenvalue weighted by atomic mass is 35.5. The zero-order valence-electron chi connectivity index (χ0n) is 12.9. The van der Waals surface area contributed by atoms with Gasteiger partial charge in [0.1, 0.15) is 11.8 Å². The van der Waals surface area contributed by atoms with E-state index in [0.717, 1.165) is 19.4 Å². The van der Waals surface area contributed by atoms with Crippen LogP contribution in [-0.4, -0.2) is 42.7 Å². The van der Waals surface area contributed by atoms with Crippen LogP contribution in [0.25, 0.3) is 11.0 Å². The van der Waals surface area contributed by atoms with Gasteiger partial charge in [-0.05, 0) is 31.5 Å². The number of benzene rings is 1. The van der Waals surface area contributed by atoms with Crippen LogP contribution in [-0.2, 0) is 9.53 Å². The first kappa shape index (κ1) is 17.2.